The van der Waals surface area contributed by atoms with Gasteiger partial charge in [0.2, 0.25) is 14.0 Å². The van der Waals surface area contributed by atoms with E-state index < -0.39 is 8.46 Å². The maximum atomic E-state index is 9.49. The highest BCUT2D eigenvalue weighted by molar-refractivity contribution is 7.45. The van der Waals surface area contributed by atoms with E-state index in [0.29, 0.717) is 0 Å². The van der Waals surface area contributed by atoms with Crippen molar-refractivity contribution in [1.29, 1.82) is 0 Å². The molecule has 0 radical (unpaired) electrons. The molecule has 3 heteroatoms. The molecule has 0 saturated heterocycles. The number of hydrogen-bond acceptors (Lipinski definition) is 2. The summed E-state index contributed by atoms with van der Waals surface area (Å²) in [6.45, 7) is 1.26. The summed E-state index contributed by atoms with van der Waals surface area (Å²) in [7, 11) is -0.392. The Bertz CT molecular complexity index is 58.7. The van der Waals surface area contributed by atoms with Crippen molar-refractivity contribution in [2.75, 3.05) is 0 Å². The topological polar surface area (TPSA) is 34.1 Å². The third-order valence-electron chi connectivity index (χ3n) is 0.129. The maximum Gasteiger partial charge on any atom is 0.231 e. The fourth-order valence-electron chi connectivity index (χ4n) is 0. The number of rotatable bonds is 1. The molecule has 0 spiro atoms. The van der Waals surface area contributed by atoms with E-state index in [1.165, 1.54) is 6.92 Å². The van der Waals surface area contributed by atoms with E-state index in [4.69, 9.17) is 0 Å². The van der Waals surface area contributed by atoms with Crippen molar-refractivity contribution in [1.82, 2.24) is 0 Å². The average molecular weight is 90.0 g/mol. The molecule has 0 aliphatic heterocycles. The highest BCUT2D eigenvalue weighted by Crippen LogP contribution is 1.87. The first-order chi connectivity index (χ1) is 2.27. The molecule has 0 bridgehead atoms. The first-order valence-electron chi connectivity index (χ1n) is 1.11. The Labute approximate surface area is 31.4 Å². The summed E-state index contributed by atoms with van der Waals surface area (Å²) in [6.07, 6.45) is 0. The standard InChI is InChI=1S/C2H3O2P/c1-2(3)5-4/h1H3. The van der Waals surface area contributed by atoms with Crippen LogP contribution in [-0.4, -0.2) is 5.52 Å². The molecule has 0 aliphatic carbocycles. The Morgan fingerprint density at radius 1 is 1.80 bits per heavy atom. The molecule has 0 aliphatic rings. The first kappa shape index (κ1) is 4.77. The molecule has 0 heterocycles. The maximum absolute atomic E-state index is 9.49. The van der Waals surface area contributed by atoms with Crippen molar-refractivity contribution in [3.63, 3.8) is 0 Å². The highest BCUT2D eigenvalue weighted by atomic mass is 31.1. The van der Waals surface area contributed by atoms with Crippen molar-refractivity contribution < 1.29 is 9.36 Å². The Hall–Kier alpha value is -0.230. The summed E-state index contributed by atoms with van der Waals surface area (Å²) in [5, 5.41) is 0. The largest absolute Gasteiger partial charge is 0.286 e. The zero-order valence-corrected chi connectivity index (χ0v) is 3.66. The third-order valence-corrected chi connectivity index (χ3v) is 0.386. The fourth-order valence-corrected chi connectivity index (χ4v) is 0. The van der Waals surface area contributed by atoms with Crippen molar-refractivity contribution in [3.8, 4) is 0 Å². The molecular weight excluding hydrogens is 87.0 g/mol. The van der Waals surface area contributed by atoms with E-state index in [1.807, 2.05) is 0 Å². The second kappa shape index (κ2) is 2.04. The van der Waals surface area contributed by atoms with Crippen LogP contribution in [0.25, 0.3) is 0 Å². The van der Waals surface area contributed by atoms with Gasteiger partial charge in [-0.1, -0.05) is 0 Å². The molecule has 0 aromatic heterocycles. The molecule has 0 atom stereocenters. The Morgan fingerprint density at radius 3 is 2.00 bits per heavy atom. The van der Waals surface area contributed by atoms with Gasteiger partial charge in [0.25, 0.3) is 0 Å². The molecule has 0 saturated carbocycles. The predicted molar refractivity (Wildman–Crippen MR) is 18.3 cm³/mol. The Morgan fingerprint density at radius 2 is 2.00 bits per heavy atom. The van der Waals surface area contributed by atoms with E-state index in [0.717, 1.165) is 0 Å². The summed E-state index contributed by atoms with van der Waals surface area (Å²) in [6, 6.07) is 0. The molecule has 2 nitrogen and oxygen atoms in total. The Kier molecular flexibility index (Phi) is 1.94. The number of carbonyl (C=O) groups excluding carboxylic acids is 1. The van der Waals surface area contributed by atoms with Gasteiger partial charge in [0.15, 0.2) is 0 Å². The van der Waals surface area contributed by atoms with Crippen LogP contribution in [-0.2, 0) is 9.36 Å². The van der Waals surface area contributed by atoms with E-state index >= 15 is 0 Å². The molecule has 5 heavy (non-hydrogen) atoms. The van der Waals surface area contributed by atoms with Crippen LogP contribution < -0.4 is 0 Å². The number of hydrogen-bond donors (Lipinski definition) is 0. The summed E-state index contributed by atoms with van der Waals surface area (Å²) < 4.78 is 9.25. The van der Waals surface area contributed by atoms with E-state index in [-0.39, 0.29) is 5.52 Å². The van der Waals surface area contributed by atoms with Crippen LogP contribution in [0.4, 0.5) is 0 Å². The molecular formula is C2H3O2P. The highest BCUT2D eigenvalue weighted by Gasteiger charge is 1.79. The van der Waals surface area contributed by atoms with Crippen LogP contribution >= 0.6 is 8.46 Å². The van der Waals surface area contributed by atoms with Gasteiger partial charge in [-0.2, -0.15) is 0 Å². The molecule has 0 N–H and O–H groups in total. The lowest BCUT2D eigenvalue weighted by Gasteiger charge is -1.54. The van der Waals surface area contributed by atoms with Crippen LogP contribution in [0, 0.1) is 0 Å². The molecule has 0 aromatic rings. The van der Waals surface area contributed by atoms with E-state index in [2.05, 4.69) is 0 Å². The minimum Gasteiger partial charge on any atom is -0.286 e. The van der Waals surface area contributed by atoms with E-state index in [9.17, 15) is 9.36 Å². The van der Waals surface area contributed by atoms with Crippen molar-refractivity contribution in [3.05, 3.63) is 0 Å². The minimum absolute atomic E-state index is 0.329. The van der Waals surface area contributed by atoms with Crippen molar-refractivity contribution in [2.24, 2.45) is 0 Å². The summed E-state index contributed by atoms with van der Waals surface area (Å²) in [5.41, 5.74) is -0.329. The minimum atomic E-state index is -0.392. The van der Waals surface area contributed by atoms with Crippen LogP contribution in [0.2, 0.25) is 0 Å². The van der Waals surface area contributed by atoms with Gasteiger partial charge in [0, 0.05) is 6.92 Å². The van der Waals surface area contributed by atoms with E-state index in [1.54, 1.807) is 0 Å². The van der Waals surface area contributed by atoms with Crippen LogP contribution in [0.15, 0.2) is 0 Å². The molecule has 0 unspecified atom stereocenters. The van der Waals surface area contributed by atoms with Crippen LogP contribution in [0.3, 0.4) is 0 Å². The smallest absolute Gasteiger partial charge is 0.231 e. The van der Waals surface area contributed by atoms with Crippen LogP contribution in [0.5, 0.6) is 0 Å². The van der Waals surface area contributed by atoms with Crippen LogP contribution in [0.1, 0.15) is 6.92 Å². The van der Waals surface area contributed by atoms with Gasteiger partial charge < -0.3 is 0 Å². The predicted octanol–water partition coefficient (Wildman–Crippen LogP) is 0.825. The van der Waals surface area contributed by atoms with Gasteiger partial charge in [0.05, 0.1) is 0 Å². The fraction of sp³-hybridized carbons (Fsp3) is 0.500. The lowest BCUT2D eigenvalue weighted by atomic mass is 10.9. The molecule has 0 amide bonds. The second-order valence-electron chi connectivity index (χ2n) is 0.610. The normalized spacial score (nSPS) is 8.20. The SMILES string of the molecule is CC(=O)P=O. The monoisotopic (exact) mass is 90.0 g/mol. The zero-order chi connectivity index (χ0) is 4.28. The van der Waals surface area contributed by atoms with Gasteiger partial charge in [0.1, 0.15) is 0 Å². The van der Waals surface area contributed by atoms with Gasteiger partial charge in [-0.05, 0) is 0 Å². The molecule has 0 rings (SSSR count). The molecule has 0 fully saturated rings. The van der Waals surface area contributed by atoms with Gasteiger partial charge >= 0.3 is 0 Å². The summed E-state index contributed by atoms with van der Waals surface area (Å²) in [4.78, 5) is 9.49. The quantitative estimate of drug-likeness (QED) is 0.447. The molecule has 0 aromatic carbocycles. The first-order valence-corrected chi connectivity index (χ1v) is 1.92. The van der Waals surface area contributed by atoms with Gasteiger partial charge in [-0.15, -0.1) is 0 Å². The lowest BCUT2D eigenvalue weighted by Crippen LogP contribution is -1.64. The van der Waals surface area contributed by atoms with Crippen molar-refractivity contribution >= 4 is 14.0 Å². The van der Waals surface area contributed by atoms with Gasteiger partial charge in [-0.3, -0.25) is 9.36 Å². The Balaban J connectivity index is 3.20. The van der Waals surface area contributed by atoms with Crippen molar-refractivity contribution in [2.45, 2.75) is 6.92 Å². The third kappa shape index (κ3) is 3.77. The zero-order valence-electron chi connectivity index (χ0n) is 2.76. The lowest BCUT2D eigenvalue weighted by molar-refractivity contribution is -0.109. The summed E-state index contributed by atoms with van der Waals surface area (Å²) in [5.74, 6) is 0. The van der Waals surface area contributed by atoms with Gasteiger partial charge in [-0.25, -0.2) is 0 Å². The second-order valence-corrected chi connectivity index (χ2v) is 1.42. The molecule has 28 valence electrons. The number of carbonyl (C=O) groups is 1. The average Bonchev–Trinajstić information content (AvgIpc) is 1.38. The summed E-state index contributed by atoms with van der Waals surface area (Å²) >= 11 is 0.